The van der Waals surface area contributed by atoms with E-state index in [4.69, 9.17) is 0 Å². The summed E-state index contributed by atoms with van der Waals surface area (Å²) in [5, 5.41) is 2.68. The molecule has 0 aliphatic heterocycles. The molecule has 2 aromatic rings. The van der Waals surface area contributed by atoms with Crippen molar-refractivity contribution in [1.82, 2.24) is 0 Å². The van der Waals surface area contributed by atoms with Crippen molar-refractivity contribution >= 4 is 27.3 Å². The third-order valence-electron chi connectivity index (χ3n) is 2.89. The number of amides is 1. The van der Waals surface area contributed by atoms with Gasteiger partial charge in [0.1, 0.15) is 5.82 Å². The van der Waals surface area contributed by atoms with E-state index in [9.17, 15) is 17.6 Å². The SMILES string of the molecule is Cc1cc(F)ccc1NC(=O)c1ccc(NS(C)(=O)=O)cc1. The number of aryl methyl sites for hydroxylation is 1. The Balaban J connectivity index is 2.13. The van der Waals surface area contributed by atoms with Gasteiger partial charge in [-0.05, 0) is 55.0 Å². The van der Waals surface area contributed by atoms with Crippen molar-refractivity contribution in [1.29, 1.82) is 0 Å². The maximum Gasteiger partial charge on any atom is 0.255 e. The summed E-state index contributed by atoms with van der Waals surface area (Å²) in [6, 6.07) is 10.1. The molecule has 0 aliphatic carbocycles. The first kappa shape index (κ1) is 16.0. The van der Waals surface area contributed by atoms with Gasteiger partial charge in [0.15, 0.2) is 0 Å². The molecule has 0 heterocycles. The van der Waals surface area contributed by atoms with Gasteiger partial charge in [0.2, 0.25) is 10.0 Å². The minimum absolute atomic E-state index is 0.361. The van der Waals surface area contributed by atoms with E-state index in [2.05, 4.69) is 10.0 Å². The fraction of sp³-hybridized carbons (Fsp3) is 0.133. The van der Waals surface area contributed by atoms with Crippen LogP contribution in [0.4, 0.5) is 15.8 Å². The summed E-state index contributed by atoms with van der Waals surface area (Å²) in [5.74, 6) is -0.729. The van der Waals surface area contributed by atoms with Crippen LogP contribution < -0.4 is 10.0 Å². The van der Waals surface area contributed by atoms with Gasteiger partial charge in [-0.3, -0.25) is 9.52 Å². The maximum absolute atomic E-state index is 13.0. The summed E-state index contributed by atoms with van der Waals surface area (Å²) in [7, 11) is -3.35. The fourth-order valence-corrected chi connectivity index (χ4v) is 2.43. The summed E-state index contributed by atoms with van der Waals surface area (Å²) < 4.78 is 37.5. The molecule has 2 N–H and O–H groups in total. The minimum atomic E-state index is -3.35. The van der Waals surface area contributed by atoms with Crippen molar-refractivity contribution in [2.45, 2.75) is 6.92 Å². The van der Waals surface area contributed by atoms with Gasteiger partial charge in [0.05, 0.1) is 6.26 Å². The molecule has 0 saturated heterocycles. The molecule has 0 fully saturated rings. The first-order valence-electron chi connectivity index (χ1n) is 6.40. The van der Waals surface area contributed by atoms with Gasteiger partial charge in [-0.2, -0.15) is 0 Å². The van der Waals surface area contributed by atoms with Crippen molar-refractivity contribution in [3.8, 4) is 0 Å². The van der Waals surface area contributed by atoms with E-state index in [-0.39, 0.29) is 11.7 Å². The molecule has 0 aliphatic rings. The average molecular weight is 322 g/mol. The lowest BCUT2D eigenvalue weighted by atomic mass is 10.1. The van der Waals surface area contributed by atoms with E-state index < -0.39 is 10.0 Å². The van der Waals surface area contributed by atoms with Crippen LogP contribution in [0.3, 0.4) is 0 Å². The van der Waals surface area contributed by atoms with Crippen LogP contribution in [0.25, 0.3) is 0 Å². The maximum atomic E-state index is 13.0. The second-order valence-electron chi connectivity index (χ2n) is 4.86. The molecule has 0 spiro atoms. The average Bonchev–Trinajstić information content (AvgIpc) is 2.41. The van der Waals surface area contributed by atoms with Crippen LogP contribution in [0.5, 0.6) is 0 Å². The molecular formula is C15H15FN2O3S. The van der Waals surface area contributed by atoms with Crippen LogP contribution >= 0.6 is 0 Å². The first-order valence-corrected chi connectivity index (χ1v) is 8.29. The van der Waals surface area contributed by atoms with E-state index in [0.29, 0.717) is 22.5 Å². The van der Waals surface area contributed by atoms with Gasteiger partial charge in [-0.25, -0.2) is 12.8 Å². The minimum Gasteiger partial charge on any atom is -0.322 e. The number of halogens is 1. The van der Waals surface area contributed by atoms with Crippen LogP contribution in [0.1, 0.15) is 15.9 Å². The quantitative estimate of drug-likeness (QED) is 0.909. The van der Waals surface area contributed by atoms with Gasteiger partial charge in [-0.15, -0.1) is 0 Å². The molecule has 0 aromatic heterocycles. The van der Waals surface area contributed by atoms with E-state index in [1.807, 2.05) is 0 Å². The van der Waals surface area contributed by atoms with Gasteiger partial charge in [0, 0.05) is 16.9 Å². The third-order valence-corrected chi connectivity index (χ3v) is 3.49. The smallest absolute Gasteiger partial charge is 0.255 e. The molecule has 0 bridgehead atoms. The molecule has 5 nitrogen and oxygen atoms in total. The molecule has 1 amide bonds. The van der Waals surface area contributed by atoms with Gasteiger partial charge < -0.3 is 5.32 Å². The molecule has 22 heavy (non-hydrogen) atoms. The predicted octanol–water partition coefficient (Wildman–Crippen LogP) is 2.76. The molecule has 7 heteroatoms. The lowest BCUT2D eigenvalue weighted by molar-refractivity contribution is 0.102. The summed E-state index contributed by atoms with van der Waals surface area (Å²) >= 11 is 0. The largest absolute Gasteiger partial charge is 0.322 e. The highest BCUT2D eigenvalue weighted by Crippen LogP contribution is 2.17. The predicted molar refractivity (Wildman–Crippen MR) is 84.0 cm³/mol. The number of sulfonamides is 1. The summed E-state index contributed by atoms with van der Waals surface area (Å²) in [6.45, 7) is 1.69. The highest BCUT2D eigenvalue weighted by atomic mass is 32.2. The lowest BCUT2D eigenvalue weighted by Crippen LogP contribution is -2.13. The Hall–Kier alpha value is -2.41. The standard InChI is InChI=1S/C15H15FN2O3S/c1-10-9-12(16)5-8-14(10)17-15(19)11-3-6-13(7-4-11)18-22(2,20)21/h3-9,18H,1-2H3,(H,17,19). The monoisotopic (exact) mass is 322 g/mol. The normalized spacial score (nSPS) is 11.0. The van der Waals surface area contributed by atoms with Crippen LogP contribution in [0, 0.1) is 12.7 Å². The van der Waals surface area contributed by atoms with Crippen molar-refractivity contribution in [3.63, 3.8) is 0 Å². The zero-order chi connectivity index (χ0) is 16.3. The van der Waals surface area contributed by atoms with Crippen molar-refractivity contribution < 1.29 is 17.6 Å². The second-order valence-corrected chi connectivity index (χ2v) is 6.61. The number of benzene rings is 2. The Morgan fingerprint density at radius 1 is 1.09 bits per heavy atom. The Bertz CT molecular complexity index is 802. The topological polar surface area (TPSA) is 75.3 Å². The highest BCUT2D eigenvalue weighted by Gasteiger charge is 2.09. The Kier molecular flexibility index (Phi) is 4.46. The number of hydrogen-bond donors (Lipinski definition) is 2. The van der Waals surface area contributed by atoms with E-state index >= 15 is 0 Å². The van der Waals surface area contributed by atoms with Crippen LogP contribution in [0.15, 0.2) is 42.5 Å². The summed E-state index contributed by atoms with van der Waals surface area (Å²) in [5.41, 5.74) is 1.87. The molecule has 2 aromatic carbocycles. The Morgan fingerprint density at radius 2 is 1.73 bits per heavy atom. The third kappa shape index (κ3) is 4.29. The van der Waals surface area contributed by atoms with Crippen LogP contribution in [0.2, 0.25) is 0 Å². The number of hydrogen-bond acceptors (Lipinski definition) is 3. The fourth-order valence-electron chi connectivity index (χ4n) is 1.87. The molecule has 0 radical (unpaired) electrons. The summed E-state index contributed by atoms with van der Waals surface area (Å²) in [4.78, 5) is 12.1. The zero-order valence-electron chi connectivity index (χ0n) is 12.1. The van der Waals surface area contributed by atoms with E-state index in [1.165, 1.54) is 42.5 Å². The molecule has 0 saturated carbocycles. The van der Waals surface area contributed by atoms with Gasteiger partial charge in [0.25, 0.3) is 5.91 Å². The molecule has 2 rings (SSSR count). The number of carbonyl (C=O) groups excluding carboxylic acids is 1. The summed E-state index contributed by atoms with van der Waals surface area (Å²) in [6.07, 6.45) is 1.05. The Labute approximate surface area is 128 Å². The number of carbonyl (C=O) groups is 1. The molecular weight excluding hydrogens is 307 g/mol. The highest BCUT2D eigenvalue weighted by molar-refractivity contribution is 7.92. The van der Waals surface area contributed by atoms with Crippen molar-refractivity contribution in [2.75, 3.05) is 16.3 Å². The Morgan fingerprint density at radius 3 is 2.27 bits per heavy atom. The molecule has 0 unspecified atom stereocenters. The van der Waals surface area contributed by atoms with Crippen LogP contribution in [-0.4, -0.2) is 20.6 Å². The second kappa shape index (κ2) is 6.15. The van der Waals surface area contributed by atoms with Crippen LogP contribution in [-0.2, 0) is 10.0 Å². The van der Waals surface area contributed by atoms with Gasteiger partial charge in [-0.1, -0.05) is 0 Å². The number of rotatable bonds is 4. The number of anilines is 2. The lowest BCUT2D eigenvalue weighted by Gasteiger charge is -2.09. The first-order chi connectivity index (χ1) is 10.2. The number of nitrogens with one attached hydrogen (secondary N) is 2. The van der Waals surface area contributed by atoms with E-state index in [0.717, 1.165) is 6.26 Å². The zero-order valence-corrected chi connectivity index (χ0v) is 12.9. The van der Waals surface area contributed by atoms with E-state index in [1.54, 1.807) is 6.92 Å². The van der Waals surface area contributed by atoms with Crippen molar-refractivity contribution in [2.24, 2.45) is 0 Å². The van der Waals surface area contributed by atoms with Gasteiger partial charge >= 0.3 is 0 Å². The van der Waals surface area contributed by atoms with Crippen molar-refractivity contribution in [3.05, 3.63) is 59.4 Å². The molecule has 116 valence electrons. The molecule has 0 atom stereocenters.